The Hall–Kier alpha value is -3.27. The van der Waals surface area contributed by atoms with E-state index in [0.717, 1.165) is 5.56 Å². The van der Waals surface area contributed by atoms with Gasteiger partial charge >= 0.3 is 0 Å². The van der Waals surface area contributed by atoms with E-state index >= 15 is 0 Å². The summed E-state index contributed by atoms with van der Waals surface area (Å²) in [6, 6.07) is 11.5. The van der Waals surface area contributed by atoms with Gasteiger partial charge in [0.15, 0.2) is 11.5 Å². The number of hydrogen-bond acceptors (Lipinski definition) is 6. The van der Waals surface area contributed by atoms with Crippen molar-refractivity contribution in [2.45, 2.75) is 13.0 Å². The molecule has 1 N–H and O–H groups in total. The first-order valence-corrected chi connectivity index (χ1v) is 6.93. The first-order valence-electron chi connectivity index (χ1n) is 6.93. The lowest BCUT2D eigenvalue weighted by molar-refractivity contribution is -0.384. The van der Waals surface area contributed by atoms with Crippen molar-refractivity contribution in [1.82, 2.24) is 0 Å². The van der Waals surface area contributed by atoms with Crippen LogP contribution in [0.1, 0.15) is 24.1 Å². The van der Waals surface area contributed by atoms with Crippen LogP contribution in [-0.4, -0.2) is 11.7 Å². The highest BCUT2D eigenvalue weighted by Crippen LogP contribution is 2.35. The van der Waals surface area contributed by atoms with Crippen LogP contribution < -0.4 is 14.8 Å². The molecule has 1 atom stereocenters. The van der Waals surface area contributed by atoms with E-state index in [1.54, 1.807) is 6.07 Å². The number of hydrogen-bond donors (Lipinski definition) is 1. The molecule has 0 aromatic heterocycles. The molecule has 1 aliphatic rings. The highest BCUT2D eigenvalue weighted by molar-refractivity contribution is 5.65. The van der Waals surface area contributed by atoms with E-state index in [2.05, 4.69) is 5.32 Å². The minimum Gasteiger partial charge on any atom is -0.454 e. The summed E-state index contributed by atoms with van der Waals surface area (Å²) in [4.78, 5) is 10.7. The molecule has 116 valence electrons. The molecule has 1 aliphatic heterocycles. The van der Waals surface area contributed by atoms with Crippen LogP contribution in [0, 0.1) is 21.4 Å². The Morgan fingerprint density at radius 2 is 2.04 bits per heavy atom. The lowest BCUT2D eigenvalue weighted by atomic mass is 10.1. The van der Waals surface area contributed by atoms with E-state index in [4.69, 9.17) is 14.7 Å². The highest BCUT2D eigenvalue weighted by atomic mass is 16.7. The van der Waals surface area contributed by atoms with Gasteiger partial charge in [-0.1, -0.05) is 6.07 Å². The monoisotopic (exact) mass is 311 g/mol. The lowest BCUT2D eigenvalue weighted by Crippen LogP contribution is -2.08. The standard InChI is InChI=1S/C16H13N3O4/c1-10(12-3-5-15-16(7-12)23-9-22-15)18-13-6-11(8-17)2-4-14(13)19(20)21/h2-7,10,18H,9H2,1H3. The Balaban J connectivity index is 1.89. The van der Waals surface area contributed by atoms with Crippen molar-refractivity contribution < 1.29 is 14.4 Å². The van der Waals surface area contributed by atoms with Crippen molar-refractivity contribution in [3.63, 3.8) is 0 Å². The lowest BCUT2D eigenvalue weighted by Gasteiger charge is -2.16. The van der Waals surface area contributed by atoms with E-state index < -0.39 is 4.92 Å². The summed E-state index contributed by atoms with van der Waals surface area (Å²) in [6.07, 6.45) is 0. The fraction of sp³-hybridized carbons (Fsp3) is 0.188. The van der Waals surface area contributed by atoms with Gasteiger partial charge in [0.2, 0.25) is 6.79 Å². The Labute approximate surface area is 132 Å². The number of ether oxygens (including phenoxy) is 2. The maximum atomic E-state index is 11.1. The number of anilines is 1. The molecule has 0 fully saturated rings. The number of nitrogens with one attached hydrogen (secondary N) is 1. The molecule has 1 heterocycles. The molecule has 0 aliphatic carbocycles. The van der Waals surface area contributed by atoms with Gasteiger partial charge in [0.25, 0.3) is 5.69 Å². The van der Waals surface area contributed by atoms with Crippen molar-refractivity contribution in [2.24, 2.45) is 0 Å². The Kier molecular flexibility index (Phi) is 3.73. The van der Waals surface area contributed by atoms with Crippen molar-refractivity contribution in [3.8, 4) is 17.6 Å². The van der Waals surface area contributed by atoms with Crippen LogP contribution in [-0.2, 0) is 0 Å². The zero-order chi connectivity index (χ0) is 16.4. The molecular weight excluding hydrogens is 298 g/mol. The Bertz CT molecular complexity index is 813. The van der Waals surface area contributed by atoms with Gasteiger partial charge in [-0.05, 0) is 36.8 Å². The number of rotatable bonds is 4. The molecule has 0 radical (unpaired) electrons. The number of nitro benzene ring substituents is 1. The summed E-state index contributed by atoms with van der Waals surface area (Å²) < 4.78 is 10.6. The smallest absolute Gasteiger partial charge is 0.292 e. The first-order chi connectivity index (χ1) is 11.1. The third kappa shape index (κ3) is 2.87. The number of nitrogens with zero attached hydrogens (tertiary/aromatic N) is 2. The molecule has 1 unspecified atom stereocenters. The molecule has 23 heavy (non-hydrogen) atoms. The molecule has 7 heteroatoms. The van der Waals surface area contributed by atoms with Gasteiger partial charge < -0.3 is 14.8 Å². The van der Waals surface area contributed by atoms with Crippen molar-refractivity contribution in [2.75, 3.05) is 12.1 Å². The number of nitriles is 1. The summed E-state index contributed by atoms with van der Waals surface area (Å²) in [5.74, 6) is 1.33. The quantitative estimate of drug-likeness (QED) is 0.686. The Morgan fingerprint density at radius 1 is 1.26 bits per heavy atom. The Morgan fingerprint density at radius 3 is 2.78 bits per heavy atom. The summed E-state index contributed by atoms with van der Waals surface area (Å²) in [5, 5.41) is 23.2. The van der Waals surface area contributed by atoms with Gasteiger partial charge in [-0.25, -0.2) is 0 Å². The third-order valence-corrected chi connectivity index (χ3v) is 3.59. The van der Waals surface area contributed by atoms with Crippen LogP contribution in [0.5, 0.6) is 11.5 Å². The molecule has 0 saturated carbocycles. The van der Waals surface area contributed by atoms with E-state index in [-0.39, 0.29) is 18.5 Å². The zero-order valence-corrected chi connectivity index (χ0v) is 12.3. The number of fused-ring (bicyclic) bond motifs is 1. The van der Waals surface area contributed by atoms with E-state index in [1.165, 1.54) is 18.2 Å². The second-order valence-electron chi connectivity index (χ2n) is 5.08. The molecular formula is C16H13N3O4. The van der Waals surface area contributed by atoms with Crippen molar-refractivity contribution in [3.05, 3.63) is 57.6 Å². The van der Waals surface area contributed by atoms with Crippen LogP contribution in [0.25, 0.3) is 0 Å². The average molecular weight is 311 g/mol. The predicted molar refractivity (Wildman–Crippen MR) is 82.4 cm³/mol. The molecule has 7 nitrogen and oxygen atoms in total. The third-order valence-electron chi connectivity index (χ3n) is 3.59. The van der Waals surface area contributed by atoms with Gasteiger partial charge in [0.05, 0.1) is 16.6 Å². The molecule has 0 bridgehead atoms. The van der Waals surface area contributed by atoms with Gasteiger partial charge in [0, 0.05) is 12.1 Å². The summed E-state index contributed by atoms with van der Waals surface area (Å²) in [7, 11) is 0. The normalized spacial score (nSPS) is 13.2. The van der Waals surface area contributed by atoms with Crippen LogP contribution in [0.3, 0.4) is 0 Å². The fourth-order valence-corrected chi connectivity index (χ4v) is 2.38. The van der Waals surface area contributed by atoms with Gasteiger partial charge in [-0.15, -0.1) is 0 Å². The van der Waals surface area contributed by atoms with Gasteiger partial charge in [0.1, 0.15) is 5.69 Å². The summed E-state index contributed by atoms with van der Waals surface area (Å²) in [5.41, 5.74) is 1.48. The van der Waals surface area contributed by atoms with E-state index in [9.17, 15) is 10.1 Å². The minimum atomic E-state index is -0.476. The average Bonchev–Trinajstić information content (AvgIpc) is 3.01. The van der Waals surface area contributed by atoms with Crippen LogP contribution in [0.4, 0.5) is 11.4 Å². The summed E-state index contributed by atoms with van der Waals surface area (Å²) >= 11 is 0. The predicted octanol–water partition coefficient (Wildman–Crippen LogP) is 3.37. The van der Waals surface area contributed by atoms with Crippen LogP contribution >= 0.6 is 0 Å². The van der Waals surface area contributed by atoms with Crippen molar-refractivity contribution >= 4 is 11.4 Å². The molecule has 0 spiro atoms. The second-order valence-corrected chi connectivity index (χ2v) is 5.08. The molecule has 3 rings (SSSR count). The van der Waals surface area contributed by atoms with Gasteiger partial charge in [-0.2, -0.15) is 5.26 Å². The largest absolute Gasteiger partial charge is 0.454 e. The first kappa shape index (κ1) is 14.7. The van der Waals surface area contributed by atoms with Gasteiger partial charge in [-0.3, -0.25) is 10.1 Å². The topological polar surface area (TPSA) is 97.4 Å². The van der Waals surface area contributed by atoms with Crippen LogP contribution in [0.15, 0.2) is 36.4 Å². The summed E-state index contributed by atoms with van der Waals surface area (Å²) in [6.45, 7) is 2.07. The maximum Gasteiger partial charge on any atom is 0.292 e. The minimum absolute atomic E-state index is 0.0726. The molecule has 0 saturated heterocycles. The molecule has 2 aromatic rings. The SMILES string of the molecule is CC(Nc1cc(C#N)ccc1[N+](=O)[O-])c1ccc2c(c1)OCO2. The maximum absolute atomic E-state index is 11.1. The fourth-order valence-electron chi connectivity index (χ4n) is 2.38. The number of nitro groups is 1. The van der Waals surface area contributed by atoms with E-state index in [1.807, 2.05) is 25.1 Å². The second kappa shape index (κ2) is 5.85. The number of benzene rings is 2. The molecule has 2 aromatic carbocycles. The van der Waals surface area contributed by atoms with Crippen molar-refractivity contribution in [1.29, 1.82) is 5.26 Å². The van der Waals surface area contributed by atoms with E-state index in [0.29, 0.717) is 22.7 Å². The highest BCUT2D eigenvalue weighted by Gasteiger charge is 2.19. The zero-order valence-electron chi connectivity index (χ0n) is 12.3. The molecule has 0 amide bonds. The van der Waals surface area contributed by atoms with Crippen LogP contribution in [0.2, 0.25) is 0 Å².